The van der Waals surface area contributed by atoms with E-state index in [0.29, 0.717) is 12.0 Å². The van der Waals surface area contributed by atoms with Gasteiger partial charge in [-0.15, -0.1) is 0 Å². The Bertz CT molecular complexity index is 1020. The number of ether oxygens (including phenoxy) is 2. The van der Waals surface area contributed by atoms with E-state index in [2.05, 4.69) is 17.2 Å². The lowest BCUT2D eigenvalue weighted by molar-refractivity contribution is -0.144. The summed E-state index contributed by atoms with van der Waals surface area (Å²) in [6.45, 7) is 12.7. The summed E-state index contributed by atoms with van der Waals surface area (Å²) in [5.41, 5.74) is 5.74. The number of nitrogens with zero attached hydrogens (tertiary/aromatic N) is 1. The van der Waals surface area contributed by atoms with Crippen LogP contribution in [0, 0.1) is 0 Å². The molecule has 0 saturated heterocycles. The van der Waals surface area contributed by atoms with Gasteiger partial charge in [-0.1, -0.05) is 37.8 Å². The number of carbonyl (C=O) groups excluding carboxylic acids is 5. The van der Waals surface area contributed by atoms with Crippen LogP contribution < -0.4 is 16.4 Å². The zero-order valence-corrected chi connectivity index (χ0v) is 23.6. The van der Waals surface area contributed by atoms with E-state index in [0.717, 1.165) is 5.56 Å². The number of hydrogen-bond donors (Lipinski definition) is 3. The maximum atomic E-state index is 13.9. The highest BCUT2D eigenvalue weighted by atomic mass is 16.6. The Morgan fingerprint density at radius 1 is 1.13 bits per heavy atom. The second kappa shape index (κ2) is 16.2. The Labute approximate surface area is 230 Å². The molecular formula is C28H42N4O7. The van der Waals surface area contributed by atoms with E-state index < -0.39 is 47.5 Å². The first-order valence-electron chi connectivity index (χ1n) is 13.1. The van der Waals surface area contributed by atoms with Crippen LogP contribution in [0.4, 0.5) is 4.79 Å². The van der Waals surface area contributed by atoms with Crippen molar-refractivity contribution in [3.8, 4) is 0 Å². The number of benzene rings is 1. The molecule has 11 heteroatoms. The minimum atomic E-state index is -1.18. The number of carbonyl (C=O) groups is 5. The van der Waals surface area contributed by atoms with Gasteiger partial charge in [0, 0.05) is 19.5 Å². The lowest BCUT2D eigenvalue weighted by atomic mass is 9.99. The quantitative estimate of drug-likeness (QED) is 0.285. The second-order valence-corrected chi connectivity index (χ2v) is 9.86. The minimum absolute atomic E-state index is 0.00470. The largest absolute Gasteiger partial charge is 0.466 e. The third-order valence-corrected chi connectivity index (χ3v) is 5.37. The molecule has 0 aliphatic heterocycles. The van der Waals surface area contributed by atoms with Crippen LogP contribution in [0.15, 0.2) is 30.8 Å². The van der Waals surface area contributed by atoms with Gasteiger partial charge < -0.3 is 30.7 Å². The molecule has 0 heterocycles. The summed E-state index contributed by atoms with van der Waals surface area (Å²) >= 11 is 0. The molecule has 0 radical (unpaired) electrons. The van der Waals surface area contributed by atoms with E-state index in [4.69, 9.17) is 15.2 Å². The van der Waals surface area contributed by atoms with Crippen molar-refractivity contribution in [1.29, 1.82) is 0 Å². The SMILES string of the molecule is C=Cc1cccc(C(C(=O)NCCC(=O)OCC)N(CCC)C(=O)C(CCC(N)=O)NC(=O)OC(C)(C)C)c1. The number of esters is 1. The second-order valence-electron chi connectivity index (χ2n) is 9.86. The molecule has 2 unspecified atom stereocenters. The van der Waals surface area contributed by atoms with Gasteiger partial charge in [-0.05, 0) is 57.7 Å². The fraction of sp³-hybridized carbons (Fsp3) is 0.536. The average molecular weight is 547 g/mol. The molecule has 39 heavy (non-hydrogen) atoms. The summed E-state index contributed by atoms with van der Waals surface area (Å²) in [4.78, 5) is 64.7. The van der Waals surface area contributed by atoms with Crippen molar-refractivity contribution in [2.45, 2.75) is 78.0 Å². The first kappa shape index (κ1) is 33.1. The van der Waals surface area contributed by atoms with Gasteiger partial charge in [0.2, 0.25) is 17.7 Å². The number of nitrogens with one attached hydrogen (secondary N) is 2. The van der Waals surface area contributed by atoms with Gasteiger partial charge in [-0.2, -0.15) is 0 Å². The molecular weight excluding hydrogens is 504 g/mol. The molecule has 0 spiro atoms. The van der Waals surface area contributed by atoms with Crippen molar-refractivity contribution < 1.29 is 33.4 Å². The van der Waals surface area contributed by atoms with Crippen LogP contribution in [-0.4, -0.2) is 66.0 Å². The standard InChI is InChI=1S/C28H42N4O7/c1-7-17-32(26(36)21(13-14-22(29)33)31-27(37)39-28(4,5)6)24(20-12-10-11-19(8-2)18-20)25(35)30-16-15-23(34)38-9-3/h8,10-12,18,21,24H,2,7,9,13-17H2,1,3-6H3,(H2,29,33)(H,30,35)(H,31,37). The van der Waals surface area contributed by atoms with Gasteiger partial charge in [0.15, 0.2) is 0 Å². The van der Waals surface area contributed by atoms with Gasteiger partial charge >= 0.3 is 12.1 Å². The molecule has 0 saturated carbocycles. The molecule has 1 aromatic carbocycles. The Balaban J connectivity index is 3.42. The fourth-order valence-corrected chi connectivity index (χ4v) is 3.75. The molecule has 216 valence electrons. The van der Waals surface area contributed by atoms with Crippen molar-refractivity contribution in [2.75, 3.05) is 19.7 Å². The third kappa shape index (κ3) is 12.0. The molecule has 0 aliphatic rings. The first-order chi connectivity index (χ1) is 18.3. The number of hydrogen-bond acceptors (Lipinski definition) is 7. The molecule has 0 aromatic heterocycles. The maximum Gasteiger partial charge on any atom is 0.408 e. The van der Waals surface area contributed by atoms with Gasteiger partial charge in [-0.3, -0.25) is 19.2 Å². The molecule has 0 fully saturated rings. The predicted molar refractivity (Wildman–Crippen MR) is 147 cm³/mol. The summed E-state index contributed by atoms with van der Waals surface area (Å²) in [5.74, 6) is -2.21. The van der Waals surface area contributed by atoms with E-state index in [1.165, 1.54) is 4.90 Å². The summed E-state index contributed by atoms with van der Waals surface area (Å²) in [5, 5.41) is 5.26. The number of alkyl carbamates (subject to hydrolysis) is 1. The first-order valence-corrected chi connectivity index (χ1v) is 13.1. The van der Waals surface area contributed by atoms with E-state index in [1.54, 1.807) is 58.0 Å². The lowest BCUT2D eigenvalue weighted by Crippen LogP contribution is -2.53. The highest BCUT2D eigenvalue weighted by molar-refractivity contribution is 5.92. The van der Waals surface area contributed by atoms with Crippen molar-refractivity contribution >= 4 is 35.9 Å². The van der Waals surface area contributed by atoms with Crippen LogP contribution in [0.3, 0.4) is 0 Å². The summed E-state index contributed by atoms with van der Waals surface area (Å²) in [6, 6.07) is 4.70. The Morgan fingerprint density at radius 3 is 2.38 bits per heavy atom. The molecule has 1 aromatic rings. The van der Waals surface area contributed by atoms with Crippen LogP contribution >= 0.6 is 0 Å². The van der Waals surface area contributed by atoms with Gasteiger partial charge in [-0.25, -0.2) is 4.79 Å². The van der Waals surface area contributed by atoms with Crippen LogP contribution in [0.2, 0.25) is 0 Å². The fourth-order valence-electron chi connectivity index (χ4n) is 3.75. The van der Waals surface area contributed by atoms with E-state index in [-0.39, 0.29) is 39.0 Å². The Kier molecular flexibility index (Phi) is 13.7. The Morgan fingerprint density at radius 2 is 1.82 bits per heavy atom. The molecule has 4 N–H and O–H groups in total. The number of primary amides is 1. The third-order valence-electron chi connectivity index (χ3n) is 5.37. The van der Waals surface area contributed by atoms with Gasteiger partial charge in [0.05, 0.1) is 13.0 Å². The van der Waals surface area contributed by atoms with Crippen molar-refractivity contribution in [1.82, 2.24) is 15.5 Å². The zero-order valence-electron chi connectivity index (χ0n) is 23.6. The summed E-state index contributed by atoms with van der Waals surface area (Å²) < 4.78 is 10.2. The van der Waals surface area contributed by atoms with Crippen molar-refractivity contribution in [3.63, 3.8) is 0 Å². The molecule has 4 amide bonds. The predicted octanol–water partition coefficient (Wildman–Crippen LogP) is 2.84. The van der Waals surface area contributed by atoms with E-state index in [1.807, 2.05) is 6.92 Å². The minimum Gasteiger partial charge on any atom is -0.466 e. The number of nitrogens with two attached hydrogens (primary N) is 1. The topological polar surface area (TPSA) is 157 Å². The van der Waals surface area contributed by atoms with Crippen LogP contribution in [0.5, 0.6) is 0 Å². The number of rotatable bonds is 15. The van der Waals surface area contributed by atoms with Crippen molar-refractivity contribution in [3.05, 3.63) is 42.0 Å². The molecule has 2 atom stereocenters. The maximum absolute atomic E-state index is 13.9. The summed E-state index contributed by atoms with van der Waals surface area (Å²) in [7, 11) is 0. The van der Waals surface area contributed by atoms with Crippen LogP contribution in [0.25, 0.3) is 6.08 Å². The number of amides is 4. The highest BCUT2D eigenvalue weighted by Crippen LogP contribution is 2.25. The van der Waals surface area contributed by atoms with Gasteiger partial charge in [0.1, 0.15) is 17.7 Å². The monoisotopic (exact) mass is 546 g/mol. The molecule has 11 nitrogen and oxygen atoms in total. The normalized spacial score (nSPS) is 12.4. The van der Waals surface area contributed by atoms with Crippen LogP contribution in [-0.2, 0) is 28.7 Å². The zero-order chi connectivity index (χ0) is 29.6. The van der Waals surface area contributed by atoms with E-state index in [9.17, 15) is 24.0 Å². The van der Waals surface area contributed by atoms with Crippen LogP contribution in [0.1, 0.15) is 77.5 Å². The molecule has 0 bridgehead atoms. The Hall–Kier alpha value is -3.89. The van der Waals surface area contributed by atoms with Crippen molar-refractivity contribution in [2.24, 2.45) is 5.73 Å². The lowest BCUT2D eigenvalue weighted by Gasteiger charge is -2.34. The van der Waals surface area contributed by atoms with E-state index >= 15 is 0 Å². The molecule has 1 rings (SSSR count). The molecule has 0 aliphatic carbocycles. The smallest absolute Gasteiger partial charge is 0.408 e. The highest BCUT2D eigenvalue weighted by Gasteiger charge is 2.36. The summed E-state index contributed by atoms with van der Waals surface area (Å²) in [6.07, 6.45) is 0.971. The average Bonchev–Trinajstić information content (AvgIpc) is 2.85. The van der Waals surface area contributed by atoms with Gasteiger partial charge in [0.25, 0.3) is 0 Å².